The van der Waals surface area contributed by atoms with E-state index in [0.29, 0.717) is 11.6 Å². The van der Waals surface area contributed by atoms with Crippen molar-refractivity contribution < 1.29 is 4.52 Å². The molecule has 2 aromatic heterocycles. The number of para-hydroxylation sites is 1. The number of hydrogen-bond acceptors (Lipinski definition) is 5. The topological polar surface area (TPSA) is 64.7 Å². The average Bonchev–Trinajstić information content (AvgIpc) is 2.82. The first-order valence-electron chi connectivity index (χ1n) is 4.42. The van der Waals surface area contributed by atoms with Gasteiger partial charge in [-0.05, 0) is 6.07 Å². The van der Waals surface area contributed by atoms with Gasteiger partial charge in [0, 0.05) is 11.6 Å². The molecule has 0 spiro atoms. The highest BCUT2D eigenvalue weighted by molar-refractivity contribution is 5.78. The van der Waals surface area contributed by atoms with Crippen LogP contribution in [0, 0.1) is 0 Å². The summed E-state index contributed by atoms with van der Waals surface area (Å²) in [5, 5.41) is 4.67. The van der Waals surface area contributed by atoms with E-state index in [2.05, 4.69) is 24.6 Å². The number of hydrogen-bond donors (Lipinski definition) is 0. The Labute approximate surface area is 84.8 Å². The molecule has 15 heavy (non-hydrogen) atoms. The number of fused-ring (bicyclic) bond motifs is 1. The van der Waals surface area contributed by atoms with Gasteiger partial charge in [0.1, 0.15) is 0 Å². The van der Waals surface area contributed by atoms with Crippen molar-refractivity contribution in [1.82, 2.24) is 20.1 Å². The quantitative estimate of drug-likeness (QED) is 0.595. The summed E-state index contributed by atoms with van der Waals surface area (Å²) >= 11 is 0. The highest BCUT2D eigenvalue weighted by atomic mass is 16.5. The first-order chi connectivity index (χ1) is 7.43. The largest absolute Gasteiger partial charge is 0.342 e. The van der Waals surface area contributed by atoms with Crippen molar-refractivity contribution in [2.75, 3.05) is 0 Å². The van der Waals surface area contributed by atoms with Gasteiger partial charge in [0.15, 0.2) is 0 Å². The van der Waals surface area contributed by atoms with Gasteiger partial charge in [0.2, 0.25) is 18.0 Å². The maximum absolute atomic E-state index is 4.64. The molecule has 0 radical (unpaired) electrons. The van der Waals surface area contributed by atoms with Crippen LogP contribution in [0.15, 0.2) is 41.4 Å². The maximum atomic E-state index is 4.64. The summed E-state index contributed by atoms with van der Waals surface area (Å²) in [4.78, 5) is 12.4. The first-order valence-corrected chi connectivity index (χ1v) is 4.42. The second-order valence-electron chi connectivity index (χ2n) is 3.01. The summed E-state index contributed by atoms with van der Waals surface area (Å²) in [5.41, 5.74) is 0.868. The Morgan fingerprint density at radius 2 is 1.93 bits per heavy atom. The van der Waals surface area contributed by atoms with Crippen LogP contribution in [-0.4, -0.2) is 20.1 Å². The molecule has 2 heterocycles. The van der Waals surface area contributed by atoms with Gasteiger partial charge in [-0.15, -0.1) is 0 Å². The van der Waals surface area contributed by atoms with Crippen molar-refractivity contribution in [2.45, 2.75) is 0 Å². The zero-order valence-corrected chi connectivity index (χ0v) is 7.66. The van der Waals surface area contributed by atoms with E-state index in [9.17, 15) is 0 Å². The molecule has 0 saturated carbocycles. The summed E-state index contributed by atoms with van der Waals surface area (Å²) in [7, 11) is 0. The predicted molar refractivity (Wildman–Crippen MR) is 52.8 cm³/mol. The third kappa shape index (κ3) is 1.34. The minimum absolute atomic E-state index is 0.403. The van der Waals surface area contributed by atoms with Crippen LogP contribution in [0.4, 0.5) is 0 Å². The summed E-state index contributed by atoms with van der Waals surface area (Å²) in [6.45, 7) is 0. The second kappa shape index (κ2) is 3.13. The Kier molecular flexibility index (Phi) is 1.68. The van der Waals surface area contributed by atoms with Gasteiger partial charge in [-0.25, -0.2) is 9.97 Å². The van der Waals surface area contributed by atoms with E-state index < -0.39 is 0 Å². The number of benzene rings is 1. The fourth-order valence-electron chi connectivity index (χ4n) is 1.35. The molecule has 0 bridgehead atoms. The Morgan fingerprint density at radius 3 is 2.80 bits per heavy atom. The van der Waals surface area contributed by atoms with Crippen LogP contribution < -0.4 is 0 Å². The molecule has 0 aliphatic rings. The number of rotatable bonds is 1. The highest BCUT2D eigenvalue weighted by Gasteiger charge is 2.06. The molecule has 5 heteroatoms. The highest BCUT2D eigenvalue weighted by Crippen LogP contribution is 2.14. The van der Waals surface area contributed by atoms with Crippen molar-refractivity contribution >= 4 is 10.9 Å². The molecule has 0 aliphatic carbocycles. The van der Waals surface area contributed by atoms with Gasteiger partial charge in [-0.2, -0.15) is 4.98 Å². The van der Waals surface area contributed by atoms with Gasteiger partial charge in [-0.1, -0.05) is 23.4 Å². The van der Waals surface area contributed by atoms with Crippen LogP contribution in [0.25, 0.3) is 22.6 Å². The molecular weight excluding hydrogens is 192 g/mol. The minimum atomic E-state index is 0.403. The Morgan fingerprint density at radius 1 is 1.00 bits per heavy atom. The predicted octanol–water partition coefficient (Wildman–Crippen LogP) is 1.68. The van der Waals surface area contributed by atoms with Crippen molar-refractivity contribution in [3.05, 3.63) is 36.9 Å². The minimum Gasteiger partial charge on any atom is -0.342 e. The van der Waals surface area contributed by atoms with Crippen molar-refractivity contribution in [1.29, 1.82) is 0 Å². The molecule has 0 N–H and O–H groups in total. The molecule has 0 unspecified atom stereocenters. The molecule has 5 nitrogen and oxygen atoms in total. The second-order valence-corrected chi connectivity index (χ2v) is 3.01. The summed E-state index contributed by atoms with van der Waals surface area (Å²) < 4.78 is 4.64. The standard InChI is InChI=1S/C10H6N4O/c1-2-4-8-7(3-1)5-11-9(13-8)10-12-6-15-14-10/h1-6H. The van der Waals surface area contributed by atoms with Crippen molar-refractivity contribution in [2.24, 2.45) is 0 Å². The monoisotopic (exact) mass is 198 g/mol. The molecule has 3 aromatic rings. The summed E-state index contributed by atoms with van der Waals surface area (Å²) in [6.07, 6.45) is 3.00. The van der Waals surface area contributed by atoms with E-state index in [-0.39, 0.29) is 0 Å². The van der Waals surface area contributed by atoms with Crippen LogP contribution in [0.2, 0.25) is 0 Å². The van der Waals surface area contributed by atoms with Gasteiger partial charge in [0.05, 0.1) is 5.52 Å². The third-order valence-electron chi connectivity index (χ3n) is 2.05. The van der Waals surface area contributed by atoms with Crippen LogP contribution in [0.1, 0.15) is 0 Å². The smallest absolute Gasteiger partial charge is 0.239 e. The third-order valence-corrected chi connectivity index (χ3v) is 2.05. The fraction of sp³-hybridized carbons (Fsp3) is 0. The summed E-state index contributed by atoms with van der Waals surface area (Å²) in [6, 6.07) is 7.74. The molecule has 72 valence electrons. The van der Waals surface area contributed by atoms with Gasteiger partial charge < -0.3 is 4.52 Å². The van der Waals surface area contributed by atoms with Crippen LogP contribution >= 0.6 is 0 Å². The number of aromatic nitrogens is 4. The molecule has 0 aliphatic heterocycles. The molecule has 0 saturated heterocycles. The lowest BCUT2D eigenvalue weighted by Gasteiger charge is -1.96. The number of nitrogens with zero attached hydrogens (tertiary/aromatic N) is 4. The fourth-order valence-corrected chi connectivity index (χ4v) is 1.35. The van der Waals surface area contributed by atoms with Gasteiger partial charge in [0.25, 0.3) is 0 Å². The lowest BCUT2D eigenvalue weighted by Crippen LogP contribution is -1.90. The molecule has 1 aromatic carbocycles. The zero-order valence-electron chi connectivity index (χ0n) is 7.66. The molecule has 0 fully saturated rings. The van der Waals surface area contributed by atoms with Crippen LogP contribution in [0.3, 0.4) is 0 Å². The Bertz CT molecular complexity index is 591. The molecule has 0 amide bonds. The normalized spacial score (nSPS) is 10.7. The van der Waals surface area contributed by atoms with Crippen molar-refractivity contribution in [3.63, 3.8) is 0 Å². The molecular formula is C10H6N4O. The van der Waals surface area contributed by atoms with E-state index in [1.165, 1.54) is 6.39 Å². The molecule has 0 atom stereocenters. The van der Waals surface area contributed by atoms with Gasteiger partial charge in [-0.3, -0.25) is 0 Å². The van der Waals surface area contributed by atoms with E-state index in [0.717, 1.165) is 10.9 Å². The lowest BCUT2D eigenvalue weighted by atomic mass is 10.2. The van der Waals surface area contributed by atoms with Crippen molar-refractivity contribution in [3.8, 4) is 11.6 Å². The van der Waals surface area contributed by atoms with Crippen LogP contribution in [0.5, 0.6) is 0 Å². The Balaban J connectivity index is 2.22. The van der Waals surface area contributed by atoms with E-state index in [1.807, 2.05) is 24.3 Å². The first kappa shape index (κ1) is 8.05. The summed E-state index contributed by atoms with van der Waals surface area (Å²) in [5.74, 6) is 0.878. The van der Waals surface area contributed by atoms with E-state index >= 15 is 0 Å². The zero-order chi connectivity index (χ0) is 10.1. The lowest BCUT2D eigenvalue weighted by molar-refractivity contribution is 0.418. The van der Waals surface area contributed by atoms with E-state index in [4.69, 9.17) is 0 Å². The van der Waals surface area contributed by atoms with E-state index in [1.54, 1.807) is 6.20 Å². The maximum Gasteiger partial charge on any atom is 0.239 e. The average molecular weight is 198 g/mol. The Hall–Kier alpha value is -2.30. The van der Waals surface area contributed by atoms with Gasteiger partial charge >= 0.3 is 0 Å². The van der Waals surface area contributed by atoms with Crippen LogP contribution in [-0.2, 0) is 0 Å². The SMILES string of the molecule is c1ccc2nc(-c3ncon3)ncc2c1. The molecule has 3 rings (SSSR count).